The molecule has 1 atom stereocenters. The minimum atomic E-state index is -0.386. The van der Waals surface area contributed by atoms with Gasteiger partial charge in [-0.3, -0.25) is 9.69 Å². The Labute approximate surface area is 154 Å². The summed E-state index contributed by atoms with van der Waals surface area (Å²) in [4.78, 5) is 19.6. The predicted octanol–water partition coefficient (Wildman–Crippen LogP) is 3.95. The molecule has 7 heteroatoms. The molecule has 2 aromatic carbocycles. The molecular formula is C19H15N3O3S. The highest BCUT2D eigenvalue weighted by molar-refractivity contribution is 7.09. The van der Waals surface area contributed by atoms with E-state index in [1.54, 1.807) is 16.2 Å². The van der Waals surface area contributed by atoms with Crippen LogP contribution in [0.3, 0.4) is 0 Å². The first kappa shape index (κ1) is 15.2. The molecule has 1 unspecified atom stereocenters. The van der Waals surface area contributed by atoms with E-state index in [1.807, 2.05) is 54.8 Å². The van der Waals surface area contributed by atoms with Crippen molar-refractivity contribution < 1.29 is 14.3 Å². The molecule has 0 radical (unpaired) electrons. The van der Waals surface area contributed by atoms with Crippen molar-refractivity contribution in [2.24, 2.45) is 0 Å². The summed E-state index contributed by atoms with van der Waals surface area (Å²) in [5.41, 5.74) is 2.99. The highest BCUT2D eigenvalue weighted by atomic mass is 32.1. The number of ether oxygens (including phenoxy) is 2. The summed E-state index contributed by atoms with van der Waals surface area (Å²) in [6.45, 7) is 2.15. The number of anilines is 2. The minimum absolute atomic E-state index is 0.0751. The van der Waals surface area contributed by atoms with Crippen LogP contribution in [0.2, 0.25) is 0 Å². The molecule has 5 rings (SSSR count). The monoisotopic (exact) mass is 365 g/mol. The van der Waals surface area contributed by atoms with Crippen molar-refractivity contribution >= 4 is 28.6 Å². The summed E-state index contributed by atoms with van der Waals surface area (Å²) < 4.78 is 10.9. The lowest BCUT2D eigenvalue weighted by molar-refractivity contribution is 0.0974. The molecule has 1 aromatic heterocycles. The number of carbonyl (C=O) groups is 1. The smallest absolute Gasteiger partial charge is 0.262 e. The molecule has 0 bridgehead atoms. The lowest BCUT2D eigenvalue weighted by Crippen LogP contribution is -2.43. The molecule has 0 aliphatic carbocycles. The van der Waals surface area contributed by atoms with Crippen LogP contribution in [0.5, 0.6) is 11.5 Å². The van der Waals surface area contributed by atoms with Gasteiger partial charge in [-0.15, -0.1) is 11.3 Å². The number of carbonyl (C=O) groups excluding carboxylic acids is 1. The number of thiazole rings is 1. The summed E-state index contributed by atoms with van der Waals surface area (Å²) in [5.74, 6) is 1.25. The molecule has 0 saturated heterocycles. The molecule has 0 fully saturated rings. The molecule has 3 heterocycles. The topological polar surface area (TPSA) is 63.7 Å². The first-order valence-electron chi connectivity index (χ1n) is 8.21. The molecular weight excluding hydrogens is 350 g/mol. The second kappa shape index (κ2) is 5.74. The highest BCUT2D eigenvalue weighted by Crippen LogP contribution is 2.41. The Morgan fingerprint density at radius 1 is 1.19 bits per heavy atom. The molecule has 130 valence electrons. The van der Waals surface area contributed by atoms with Gasteiger partial charge in [0.25, 0.3) is 5.91 Å². The van der Waals surface area contributed by atoms with Crippen LogP contribution in [-0.2, 0) is 0 Å². The summed E-state index contributed by atoms with van der Waals surface area (Å²) in [5, 5.41) is 6.39. The zero-order chi connectivity index (χ0) is 17.7. The SMILES string of the molecule is Cc1nc(C2Nc3ccccc3C(=O)N2c2ccc3c(c2)OCO3)cs1. The van der Waals surface area contributed by atoms with E-state index in [-0.39, 0.29) is 18.9 Å². The van der Waals surface area contributed by atoms with Crippen molar-refractivity contribution in [3.05, 3.63) is 64.1 Å². The first-order chi connectivity index (χ1) is 12.7. The Balaban J connectivity index is 1.65. The quantitative estimate of drug-likeness (QED) is 0.745. The third-order valence-corrected chi connectivity index (χ3v) is 5.27. The van der Waals surface area contributed by atoms with Crippen molar-refractivity contribution in [3.63, 3.8) is 0 Å². The van der Waals surface area contributed by atoms with Crippen LogP contribution < -0.4 is 19.7 Å². The van der Waals surface area contributed by atoms with Crippen LogP contribution in [0.1, 0.15) is 27.2 Å². The number of aromatic nitrogens is 1. The number of amides is 1. The fourth-order valence-corrected chi connectivity index (χ4v) is 3.90. The summed E-state index contributed by atoms with van der Waals surface area (Å²) in [6, 6.07) is 13.1. The second-order valence-electron chi connectivity index (χ2n) is 6.10. The average Bonchev–Trinajstić information content (AvgIpc) is 3.29. The zero-order valence-corrected chi connectivity index (χ0v) is 14.7. The summed E-state index contributed by atoms with van der Waals surface area (Å²) >= 11 is 1.56. The molecule has 6 nitrogen and oxygen atoms in total. The van der Waals surface area contributed by atoms with E-state index in [1.165, 1.54) is 0 Å². The van der Waals surface area contributed by atoms with Gasteiger partial charge in [0.15, 0.2) is 17.7 Å². The Bertz CT molecular complexity index is 1020. The predicted molar refractivity (Wildman–Crippen MR) is 99.0 cm³/mol. The van der Waals surface area contributed by atoms with Crippen molar-refractivity contribution in [2.45, 2.75) is 13.1 Å². The van der Waals surface area contributed by atoms with Crippen LogP contribution in [0.15, 0.2) is 47.8 Å². The molecule has 1 amide bonds. The van der Waals surface area contributed by atoms with E-state index in [0.29, 0.717) is 17.1 Å². The van der Waals surface area contributed by atoms with Crippen LogP contribution in [-0.4, -0.2) is 17.7 Å². The van der Waals surface area contributed by atoms with Crippen LogP contribution in [0.25, 0.3) is 0 Å². The minimum Gasteiger partial charge on any atom is -0.454 e. The molecule has 1 N–H and O–H groups in total. The van der Waals surface area contributed by atoms with E-state index in [2.05, 4.69) is 10.3 Å². The molecule has 0 spiro atoms. The maximum atomic E-state index is 13.3. The van der Waals surface area contributed by atoms with Gasteiger partial charge in [-0.1, -0.05) is 12.1 Å². The number of benzene rings is 2. The van der Waals surface area contributed by atoms with Gasteiger partial charge in [0.05, 0.1) is 22.0 Å². The lowest BCUT2D eigenvalue weighted by atomic mass is 10.1. The number of hydrogen-bond acceptors (Lipinski definition) is 6. The Kier molecular flexibility index (Phi) is 3.36. The van der Waals surface area contributed by atoms with Crippen molar-refractivity contribution in [1.29, 1.82) is 0 Å². The fourth-order valence-electron chi connectivity index (χ4n) is 3.27. The van der Waals surface area contributed by atoms with E-state index in [0.717, 1.165) is 22.1 Å². The second-order valence-corrected chi connectivity index (χ2v) is 7.16. The number of aryl methyl sites for hydroxylation is 1. The van der Waals surface area contributed by atoms with E-state index in [9.17, 15) is 4.79 Å². The highest BCUT2D eigenvalue weighted by Gasteiger charge is 2.35. The normalized spacial score (nSPS) is 17.8. The largest absolute Gasteiger partial charge is 0.454 e. The molecule has 26 heavy (non-hydrogen) atoms. The van der Waals surface area contributed by atoms with Gasteiger partial charge in [0.2, 0.25) is 6.79 Å². The maximum Gasteiger partial charge on any atom is 0.262 e. The van der Waals surface area contributed by atoms with Crippen LogP contribution in [0.4, 0.5) is 11.4 Å². The maximum absolute atomic E-state index is 13.3. The molecule has 0 saturated carbocycles. The Morgan fingerprint density at radius 3 is 2.88 bits per heavy atom. The van der Waals surface area contributed by atoms with Crippen molar-refractivity contribution in [3.8, 4) is 11.5 Å². The van der Waals surface area contributed by atoms with Gasteiger partial charge in [0, 0.05) is 17.1 Å². The van der Waals surface area contributed by atoms with Crippen molar-refractivity contribution in [1.82, 2.24) is 4.98 Å². The number of para-hydroxylation sites is 1. The van der Waals surface area contributed by atoms with E-state index < -0.39 is 0 Å². The number of hydrogen-bond donors (Lipinski definition) is 1. The molecule has 2 aliphatic heterocycles. The molecule has 3 aromatic rings. The van der Waals surface area contributed by atoms with Crippen LogP contribution >= 0.6 is 11.3 Å². The van der Waals surface area contributed by atoms with Gasteiger partial charge in [0.1, 0.15) is 0 Å². The fraction of sp³-hybridized carbons (Fsp3) is 0.158. The third-order valence-electron chi connectivity index (χ3n) is 4.48. The molecule has 2 aliphatic rings. The van der Waals surface area contributed by atoms with Gasteiger partial charge in [-0.05, 0) is 31.2 Å². The lowest BCUT2D eigenvalue weighted by Gasteiger charge is -2.37. The Morgan fingerprint density at radius 2 is 2.04 bits per heavy atom. The number of rotatable bonds is 2. The van der Waals surface area contributed by atoms with E-state index >= 15 is 0 Å². The third kappa shape index (κ3) is 2.32. The van der Waals surface area contributed by atoms with E-state index in [4.69, 9.17) is 9.47 Å². The average molecular weight is 365 g/mol. The number of nitrogens with one attached hydrogen (secondary N) is 1. The van der Waals surface area contributed by atoms with Crippen molar-refractivity contribution in [2.75, 3.05) is 17.0 Å². The standard InChI is InChI=1S/C19H15N3O3S/c1-11-20-15(9-26-11)18-21-14-5-3-2-4-13(14)19(23)22(18)12-6-7-16-17(8-12)25-10-24-16/h2-9,18,21H,10H2,1H3. The Hall–Kier alpha value is -3.06. The van der Waals surface area contributed by atoms with Gasteiger partial charge < -0.3 is 14.8 Å². The number of nitrogens with zero attached hydrogens (tertiary/aromatic N) is 2. The van der Waals surface area contributed by atoms with Gasteiger partial charge >= 0.3 is 0 Å². The first-order valence-corrected chi connectivity index (χ1v) is 9.09. The van der Waals surface area contributed by atoms with Gasteiger partial charge in [-0.2, -0.15) is 0 Å². The summed E-state index contributed by atoms with van der Waals surface area (Å²) in [7, 11) is 0. The zero-order valence-electron chi connectivity index (χ0n) is 13.9. The number of fused-ring (bicyclic) bond motifs is 2. The summed E-state index contributed by atoms with van der Waals surface area (Å²) in [6.07, 6.45) is -0.386. The van der Waals surface area contributed by atoms with Crippen LogP contribution in [0, 0.1) is 6.92 Å². The van der Waals surface area contributed by atoms with Gasteiger partial charge in [-0.25, -0.2) is 4.98 Å².